The van der Waals surface area contributed by atoms with Crippen molar-refractivity contribution >= 4 is 44.5 Å². The Labute approximate surface area is 165 Å². The van der Waals surface area contributed by atoms with E-state index in [0.717, 1.165) is 27.8 Å². The highest BCUT2D eigenvalue weighted by atomic mass is 79.9. The van der Waals surface area contributed by atoms with Crippen molar-refractivity contribution in [2.75, 3.05) is 18.4 Å². The van der Waals surface area contributed by atoms with Gasteiger partial charge in [0.25, 0.3) is 11.8 Å². The first-order chi connectivity index (χ1) is 13.0. The topological polar surface area (TPSA) is 67.2 Å². The van der Waals surface area contributed by atoms with E-state index in [-0.39, 0.29) is 11.8 Å². The first kappa shape index (κ1) is 17.7. The lowest BCUT2D eigenvalue weighted by atomic mass is 10.1. The fourth-order valence-electron chi connectivity index (χ4n) is 3.35. The zero-order valence-electron chi connectivity index (χ0n) is 15.1. The van der Waals surface area contributed by atoms with E-state index in [4.69, 9.17) is 0 Å². The van der Waals surface area contributed by atoms with Gasteiger partial charge in [-0.05, 0) is 55.8 Å². The van der Waals surface area contributed by atoms with Crippen LogP contribution in [0.2, 0.25) is 0 Å². The van der Waals surface area contributed by atoms with Crippen molar-refractivity contribution in [3.63, 3.8) is 0 Å². The average Bonchev–Trinajstić information content (AvgIpc) is 3.04. The molecule has 1 N–H and O–H groups in total. The molecule has 0 unspecified atom stereocenters. The third kappa shape index (κ3) is 3.12. The van der Waals surface area contributed by atoms with Crippen molar-refractivity contribution in [3.05, 3.63) is 57.8 Å². The highest BCUT2D eigenvalue weighted by Gasteiger charge is 2.27. The van der Waals surface area contributed by atoms with Crippen molar-refractivity contribution in [1.82, 2.24) is 14.5 Å². The van der Waals surface area contributed by atoms with Gasteiger partial charge < -0.3 is 14.8 Å². The zero-order valence-corrected chi connectivity index (χ0v) is 16.7. The Hall–Kier alpha value is -2.67. The molecule has 3 aromatic rings. The number of hydrogen-bond acceptors (Lipinski definition) is 3. The van der Waals surface area contributed by atoms with Crippen LogP contribution in [0.1, 0.15) is 33.5 Å². The SMILES string of the molecule is CCN1CCn2c(nc3cc(C(=O)Nc4ccc(Br)c(C)c4)ccc32)C1=O. The van der Waals surface area contributed by atoms with E-state index in [1.165, 1.54) is 0 Å². The van der Waals surface area contributed by atoms with Crippen LogP contribution >= 0.6 is 15.9 Å². The second-order valence-corrected chi connectivity index (χ2v) is 7.45. The summed E-state index contributed by atoms with van der Waals surface area (Å²) in [4.78, 5) is 31.4. The number of carbonyl (C=O) groups excluding carboxylic acids is 2. The van der Waals surface area contributed by atoms with E-state index in [0.29, 0.717) is 30.0 Å². The predicted octanol–water partition coefficient (Wildman–Crippen LogP) is 3.84. The number of amides is 2. The van der Waals surface area contributed by atoms with Crippen LogP contribution in [0.25, 0.3) is 11.0 Å². The molecule has 0 radical (unpaired) electrons. The van der Waals surface area contributed by atoms with Crippen LogP contribution in [0.5, 0.6) is 0 Å². The number of anilines is 1. The number of fused-ring (bicyclic) bond motifs is 3. The first-order valence-corrected chi connectivity index (χ1v) is 9.64. The Morgan fingerprint density at radius 1 is 1.22 bits per heavy atom. The average molecular weight is 427 g/mol. The molecule has 0 bridgehead atoms. The summed E-state index contributed by atoms with van der Waals surface area (Å²) >= 11 is 3.46. The van der Waals surface area contributed by atoms with Crippen LogP contribution in [-0.4, -0.2) is 39.4 Å². The molecule has 2 amide bonds. The summed E-state index contributed by atoms with van der Waals surface area (Å²) in [6, 6.07) is 11.0. The van der Waals surface area contributed by atoms with Gasteiger partial charge in [0.15, 0.2) is 5.82 Å². The van der Waals surface area contributed by atoms with Crippen molar-refractivity contribution in [2.24, 2.45) is 0 Å². The molecule has 27 heavy (non-hydrogen) atoms. The number of imidazole rings is 1. The lowest BCUT2D eigenvalue weighted by Gasteiger charge is -2.26. The maximum Gasteiger partial charge on any atom is 0.289 e. The largest absolute Gasteiger partial charge is 0.334 e. The number of aromatic nitrogens is 2. The molecule has 0 fully saturated rings. The van der Waals surface area contributed by atoms with Crippen LogP contribution < -0.4 is 5.32 Å². The third-order valence-electron chi connectivity index (χ3n) is 4.88. The number of halogens is 1. The van der Waals surface area contributed by atoms with E-state index in [2.05, 4.69) is 26.2 Å². The van der Waals surface area contributed by atoms with Gasteiger partial charge in [0, 0.05) is 35.4 Å². The molecular weight excluding hydrogens is 408 g/mol. The Morgan fingerprint density at radius 2 is 2.04 bits per heavy atom. The zero-order chi connectivity index (χ0) is 19.1. The summed E-state index contributed by atoms with van der Waals surface area (Å²) < 4.78 is 2.93. The molecule has 0 atom stereocenters. The molecule has 6 nitrogen and oxygen atoms in total. The minimum Gasteiger partial charge on any atom is -0.334 e. The molecule has 138 valence electrons. The number of nitrogens with zero attached hydrogens (tertiary/aromatic N) is 3. The number of benzene rings is 2. The van der Waals surface area contributed by atoms with Crippen molar-refractivity contribution in [2.45, 2.75) is 20.4 Å². The van der Waals surface area contributed by atoms with Crippen molar-refractivity contribution < 1.29 is 9.59 Å². The van der Waals surface area contributed by atoms with Crippen molar-refractivity contribution in [1.29, 1.82) is 0 Å². The quantitative estimate of drug-likeness (QED) is 0.691. The number of carbonyl (C=O) groups is 2. The molecule has 0 saturated carbocycles. The maximum atomic E-state index is 12.6. The van der Waals surface area contributed by atoms with Crippen molar-refractivity contribution in [3.8, 4) is 0 Å². The van der Waals surface area contributed by atoms with Crippen LogP contribution in [0, 0.1) is 6.92 Å². The highest BCUT2D eigenvalue weighted by molar-refractivity contribution is 9.10. The summed E-state index contributed by atoms with van der Waals surface area (Å²) in [6.07, 6.45) is 0. The molecule has 0 spiro atoms. The van der Waals surface area contributed by atoms with Gasteiger partial charge in [-0.2, -0.15) is 0 Å². The van der Waals surface area contributed by atoms with Crippen LogP contribution in [0.3, 0.4) is 0 Å². The van der Waals surface area contributed by atoms with Crippen LogP contribution in [0.4, 0.5) is 5.69 Å². The molecule has 0 saturated heterocycles. The summed E-state index contributed by atoms with van der Waals surface area (Å²) in [5.74, 6) is 0.182. The van der Waals surface area contributed by atoms with Gasteiger partial charge in [-0.1, -0.05) is 15.9 Å². The smallest absolute Gasteiger partial charge is 0.289 e. The Morgan fingerprint density at radius 3 is 2.78 bits per heavy atom. The molecule has 7 heteroatoms. The lowest BCUT2D eigenvalue weighted by molar-refractivity contribution is 0.0709. The van der Waals surface area contributed by atoms with E-state index in [1.54, 1.807) is 17.0 Å². The molecule has 2 heterocycles. The lowest BCUT2D eigenvalue weighted by Crippen LogP contribution is -2.40. The van der Waals surface area contributed by atoms with Gasteiger partial charge in [0.2, 0.25) is 0 Å². The molecular formula is C20H19BrN4O2. The first-order valence-electron chi connectivity index (χ1n) is 8.85. The number of likely N-dealkylation sites (N-methyl/N-ethyl adjacent to an activating group) is 1. The van der Waals surface area contributed by atoms with Crippen LogP contribution in [-0.2, 0) is 6.54 Å². The minimum absolute atomic E-state index is 0.0590. The predicted molar refractivity (Wildman–Crippen MR) is 108 cm³/mol. The Balaban J connectivity index is 1.64. The minimum atomic E-state index is -0.203. The standard InChI is InChI=1S/C20H19BrN4O2/c1-3-24-8-9-25-17-7-4-13(11-16(17)23-18(25)20(24)27)19(26)22-14-5-6-15(21)12(2)10-14/h4-7,10-11H,3,8-9H2,1-2H3,(H,22,26). The van der Waals surface area contributed by atoms with Gasteiger partial charge in [0.1, 0.15) is 0 Å². The summed E-state index contributed by atoms with van der Waals surface area (Å²) in [7, 11) is 0. The molecule has 1 aromatic heterocycles. The molecule has 2 aromatic carbocycles. The number of aryl methyl sites for hydroxylation is 1. The number of hydrogen-bond donors (Lipinski definition) is 1. The number of nitrogens with one attached hydrogen (secondary N) is 1. The molecule has 1 aliphatic rings. The maximum absolute atomic E-state index is 12.6. The molecule has 1 aliphatic heterocycles. The van der Waals surface area contributed by atoms with E-state index in [1.807, 2.05) is 42.7 Å². The van der Waals surface area contributed by atoms with Gasteiger partial charge >= 0.3 is 0 Å². The number of rotatable bonds is 3. The summed E-state index contributed by atoms with van der Waals surface area (Å²) in [6.45, 7) is 6.00. The van der Waals surface area contributed by atoms with E-state index in [9.17, 15) is 9.59 Å². The second kappa shape index (κ2) is 6.81. The van der Waals surface area contributed by atoms with Gasteiger partial charge in [-0.25, -0.2) is 4.98 Å². The van der Waals surface area contributed by atoms with E-state index < -0.39 is 0 Å². The molecule has 4 rings (SSSR count). The second-order valence-electron chi connectivity index (χ2n) is 6.59. The summed E-state index contributed by atoms with van der Waals surface area (Å²) in [5.41, 5.74) is 3.84. The molecule has 0 aliphatic carbocycles. The van der Waals surface area contributed by atoms with Gasteiger partial charge in [0.05, 0.1) is 11.0 Å². The highest BCUT2D eigenvalue weighted by Crippen LogP contribution is 2.24. The van der Waals surface area contributed by atoms with Gasteiger partial charge in [-0.3, -0.25) is 9.59 Å². The van der Waals surface area contributed by atoms with Crippen LogP contribution in [0.15, 0.2) is 40.9 Å². The third-order valence-corrected chi connectivity index (χ3v) is 5.77. The monoisotopic (exact) mass is 426 g/mol. The summed E-state index contributed by atoms with van der Waals surface area (Å²) in [5, 5.41) is 2.91. The Bertz CT molecular complexity index is 1070. The van der Waals surface area contributed by atoms with E-state index >= 15 is 0 Å². The Kier molecular flexibility index (Phi) is 4.47. The fraction of sp³-hybridized carbons (Fsp3) is 0.250. The normalized spacial score (nSPS) is 13.7. The van der Waals surface area contributed by atoms with Gasteiger partial charge in [-0.15, -0.1) is 0 Å². The fourth-order valence-corrected chi connectivity index (χ4v) is 3.60.